The third-order valence-electron chi connectivity index (χ3n) is 3.87. The van der Waals surface area contributed by atoms with Gasteiger partial charge in [-0.1, -0.05) is 18.2 Å². The van der Waals surface area contributed by atoms with Crippen molar-refractivity contribution in [2.45, 2.75) is 13.0 Å². The zero-order valence-corrected chi connectivity index (χ0v) is 11.4. The number of hydrogen-bond donors (Lipinski definition) is 0. The van der Waals surface area contributed by atoms with Crippen molar-refractivity contribution in [1.29, 1.82) is 0 Å². The Kier molecular flexibility index (Phi) is 2.63. The van der Waals surface area contributed by atoms with Crippen LogP contribution in [-0.4, -0.2) is 17.9 Å². The van der Waals surface area contributed by atoms with Crippen LogP contribution in [0.4, 0.5) is 0 Å². The minimum Gasteiger partial charge on any atom is -0.457 e. The number of cyclic esters (lactones) is 3. The highest BCUT2D eigenvalue weighted by molar-refractivity contribution is 6.14. The molecule has 0 spiro atoms. The molecule has 0 atom stereocenters. The first-order valence-electron chi connectivity index (χ1n) is 6.80. The lowest BCUT2D eigenvalue weighted by Crippen LogP contribution is -1.97. The van der Waals surface area contributed by atoms with E-state index in [1.54, 1.807) is 24.3 Å². The van der Waals surface area contributed by atoms with Crippen LogP contribution < -0.4 is 0 Å². The van der Waals surface area contributed by atoms with Gasteiger partial charge in [-0.25, -0.2) is 14.4 Å². The number of rotatable bonds is 2. The number of ether oxygens (including phenoxy) is 2. The van der Waals surface area contributed by atoms with Gasteiger partial charge in [0.15, 0.2) is 0 Å². The number of fused-ring (bicyclic) bond motifs is 2. The smallest absolute Gasteiger partial charge is 0.346 e. The molecule has 2 aliphatic rings. The van der Waals surface area contributed by atoms with Crippen LogP contribution in [0.1, 0.15) is 47.8 Å². The molecular weight excluding hydrogens is 284 g/mol. The lowest BCUT2D eigenvalue weighted by Gasteiger charge is -2.04. The highest BCUT2D eigenvalue weighted by Gasteiger charge is 2.29. The molecule has 0 aromatic heterocycles. The molecule has 0 saturated heterocycles. The Labute approximate surface area is 125 Å². The van der Waals surface area contributed by atoms with E-state index >= 15 is 0 Å². The Morgan fingerprint density at radius 2 is 1.45 bits per heavy atom. The van der Waals surface area contributed by atoms with Crippen LogP contribution >= 0.6 is 0 Å². The zero-order chi connectivity index (χ0) is 15.3. The van der Waals surface area contributed by atoms with Gasteiger partial charge in [-0.15, -0.1) is 0 Å². The van der Waals surface area contributed by atoms with Crippen molar-refractivity contribution >= 4 is 17.9 Å². The van der Waals surface area contributed by atoms with E-state index in [0.717, 1.165) is 16.7 Å². The summed E-state index contributed by atoms with van der Waals surface area (Å²) in [5.74, 6) is -1.49. The fraction of sp³-hybridized carbons (Fsp3) is 0.118. The monoisotopic (exact) mass is 294 g/mol. The Balaban J connectivity index is 1.65. The Bertz CT molecular complexity index is 850. The summed E-state index contributed by atoms with van der Waals surface area (Å²) in [5.41, 5.74) is 4.00. The molecule has 0 amide bonds. The Hall–Kier alpha value is -2.95. The second-order valence-corrected chi connectivity index (χ2v) is 5.30. The van der Waals surface area contributed by atoms with Crippen LogP contribution in [0, 0.1) is 0 Å². The number of carbonyl (C=O) groups excluding carboxylic acids is 3. The second-order valence-electron chi connectivity index (χ2n) is 5.30. The number of hydrogen-bond acceptors (Lipinski definition) is 5. The summed E-state index contributed by atoms with van der Waals surface area (Å²) in [6.07, 6.45) is 0.593. The van der Waals surface area contributed by atoms with Gasteiger partial charge in [0, 0.05) is 5.56 Å². The first-order chi connectivity index (χ1) is 10.6. The maximum Gasteiger partial charge on any atom is 0.346 e. The molecule has 0 aliphatic carbocycles. The Morgan fingerprint density at radius 3 is 2.27 bits per heavy atom. The summed E-state index contributed by atoms with van der Waals surface area (Å²) in [6.45, 7) is 0.299. The summed E-state index contributed by atoms with van der Waals surface area (Å²) < 4.78 is 9.55. The van der Waals surface area contributed by atoms with E-state index in [4.69, 9.17) is 4.74 Å². The van der Waals surface area contributed by atoms with E-state index in [1.165, 1.54) is 0 Å². The van der Waals surface area contributed by atoms with E-state index in [2.05, 4.69) is 4.74 Å². The summed E-state index contributed by atoms with van der Waals surface area (Å²) in [7, 11) is 0. The van der Waals surface area contributed by atoms with Gasteiger partial charge in [0.1, 0.15) is 6.61 Å². The highest BCUT2D eigenvalue weighted by Crippen LogP contribution is 2.25. The first kappa shape index (κ1) is 12.8. The van der Waals surface area contributed by atoms with Crippen LogP contribution in [0.5, 0.6) is 0 Å². The predicted octanol–water partition coefficient (Wildman–Crippen LogP) is 2.26. The van der Waals surface area contributed by atoms with Gasteiger partial charge in [0.25, 0.3) is 0 Å². The molecule has 5 nitrogen and oxygen atoms in total. The average Bonchev–Trinajstić information content (AvgIpc) is 3.00. The van der Waals surface area contributed by atoms with Gasteiger partial charge in [0.05, 0.1) is 16.7 Å². The van der Waals surface area contributed by atoms with Gasteiger partial charge in [-0.2, -0.15) is 0 Å². The molecule has 108 valence electrons. The van der Waals surface area contributed by atoms with Crippen molar-refractivity contribution in [2.24, 2.45) is 0 Å². The minimum atomic E-state index is -0.602. The fourth-order valence-electron chi connectivity index (χ4n) is 2.77. The topological polar surface area (TPSA) is 69.7 Å². The molecule has 0 radical (unpaired) electrons. The summed E-state index contributed by atoms with van der Waals surface area (Å²) in [6, 6.07) is 10.6. The SMILES string of the molecule is O=C1OCc2cc(Cc3ccc4c(c3)C(=O)OC4=O)ccc21. The molecule has 2 aromatic carbocycles. The summed E-state index contributed by atoms with van der Waals surface area (Å²) in [4.78, 5) is 34.4. The maximum atomic E-state index is 11.6. The lowest BCUT2D eigenvalue weighted by atomic mass is 9.98. The largest absolute Gasteiger partial charge is 0.457 e. The third kappa shape index (κ3) is 1.90. The molecule has 5 heteroatoms. The standard InChI is InChI=1S/C17H10O5/c18-15-12-3-1-9(6-11(12)8-21-15)5-10-2-4-13-14(7-10)17(20)22-16(13)19/h1-4,6-7H,5,8H2. The van der Waals surface area contributed by atoms with Gasteiger partial charge in [-0.05, 0) is 35.7 Å². The van der Waals surface area contributed by atoms with Crippen LogP contribution in [-0.2, 0) is 22.5 Å². The van der Waals surface area contributed by atoms with Crippen molar-refractivity contribution < 1.29 is 23.9 Å². The Morgan fingerprint density at radius 1 is 0.773 bits per heavy atom. The van der Waals surface area contributed by atoms with Crippen molar-refractivity contribution in [2.75, 3.05) is 0 Å². The molecule has 4 rings (SSSR count). The van der Waals surface area contributed by atoms with Crippen LogP contribution in [0.2, 0.25) is 0 Å². The second kappa shape index (κ2) is 4.53. The van der Waals surface area contributed by atoms with Gasteiger partial charge in [0.2, 0.25) is 0 Å². The predicted molar refractivity (Wildman–Crippen MR) is 74.6 cm³/mol. The molecule has 2 aliphatic heterocycles. The summed E-state index contributed by atoms with van der Waals surface area (Å²) in [5, 5.41) is 0. The van der Waals surface area contributed by atoms with Crippen LogP contribution in [0.3, 0.4) is 0 Å². The van der Waals surface area contributed by atoms with Gasteiger partial charge >= 0.3 is 17.9 Å². The van der Waals surface area contributed by atoms with Crippen molar-refractivity contribution in [3.63, 3.8) is 0 Å². The third-order valence-corrected chi connectivity index (χ3v) is 3.87. The van der Waals surface area contributed by atoms with E-state index in [1.807, 2.05) is 12.1 Å². The molecule has 2 aromatic rings. The lowest BCUT2D eigenvalue weighted by molar-refractivity contribution is 0.0442. The van der Waals surface area contributed by atoms with Crippen molar-refractivity contribution in [1.82, 2.24) is 0 Å². The molecule has 22 heavy (non-hydrogen) atoms. The van der Waals surface area contributed by atoms with E-state index in [0.29, 0.717) is 29.7 Å². The molecule has 2 heterocycles. The fourth-order valence-corrected chi connectivity index (χ4v) is 2.77. The molecular formula is C17H10O5. The van der Waals surface area contributed by atoms with E-state index < -0.39 is 11.9 Å². The first-order valence-corrected chi connectivity index (χ1v) is 6.80. The van der Waals surface area contributed by atoms with Crippen LogP contribution in [0.25, 0.3) is 0 Å². The number of carbonyl (C=O) groups is 3. The van der Waals surface area contributed by atoms with Gasteiger partial charge in [-0.3, -0.25) is 0 Å². The maximum absolute atomic E-state index is 11.6. The molecule has 0 saturated carbocycles. The average molecular weight is 294 g/mol. The quantitative estimate of drug-likeness (QED) is 0.627. The molecule has 0 unspecified atom stereocenters. The van der Waals surface area contributed by atoms with E-state index in [-0.39, 0.29) is 5.97 Å². The number of benzene rings is 2. The highest BCUT2D eigenvalue weighted by atomic mass is 16.6. The van der Waals surface area contributed by atoms with E-state index in [9.17, 15) is 14.4 Å². The van der Waals surface area contributed by atoms with Crippen molar-refractivity contribution in [3.05, 3.63) is 69.8 Å². The van der Waals surface area contributed by atoms with Crippen molar-refractivity contribution in [3.8, 4) is 0 Å². The normalized spacial score (nSPS) is 15.4. The zero-order valence-electron chi connectivity index (χ0n) is 11.4. The molecule has 0 bridgehead atoms. The minimum absolute atomic E-state index is 0.291. The summed E-state index contributed by atoms with van der Waals surface area (Å²) >= 11 is 0. The number of esters is 3. The molecule has 0 N–H and O–H groups in total. The van der Waals surface area contributed by atoms with Crippen LogP contribution in [0.15, 0.2) is 36.4 Å². The molecule has 0 fully saturated rings. The van der Waals surface area contributed by atoms with Gasteiger partial charge < -0.3 is 9.47 Å².